The lowest BCUT2D eigenvalue weighted by Gasteiger charge is -2.36. The Balaban J connectivity index is 0.00000169. The molecule has 0 aliphatic carbocycles. The molecule has 1 amide bonds. The number of anilines is 1. The molecule has 2 aliphatic heterocycles. The third kappa shape index (κ3) is 6.29. The maximum atomic E-state index is 12.2. The van der Waals surface area contributed by atoms with E-state index in [4.69, 9.17) is 23.2 Å². The molecule has 3 rings (SSSR count). The SMILES string of the molecule is Cl.Cl.O=C(CCN1CCN(c2ncc(Cl)cc2Cl)CC1)N1CCNCC1. The van der Waals surface area contributed by atoms with Gasteiger partial charge in [0.25, 0.3) is 0 Å². The van der Waals surface area contributed by atoms with Crippen molar-refractivity contribution in [1.29, 1.82) is 0 Å². The maximum absolute atomic E-state index is 12.2. The summed E-state index contributed by atoms with van der Waals surface area (Å²) in [6, 6.07) is 1.73. The molecule has 0 atom stereocenters. The van der Waals surface area contributed by atoms with E-state index in [1.54, 1.807) is 12.3 Å². The third-order valence-electron chi connectivity index (χ3n) is 4.57. The summed E-state index contributed by atoms with van der Waals surface area (Å²) in [6.07, 6.45) is 2.22. The van der Waals surface area contributed by atoms with E-state index in [1.165, 1.54) is 0 Å². The zero-order chi connectivity index (χ0) is 16.9. The van der Waals surface area contributed by atoms with E-state index in [-0.39, 0.29) is 30.7 Å². The number of carbonyl (C=O) groups is 1. The average molecular weight is 445 g/mol. The summed E-state index contributed by atoms with van der Waals surface area (Å²) in [5.41, 5.74) is 0. The van der Waals surface area contributed by atoms with E-state index in [1.807, 2.05) is 4.90 Å². The van der Waals surface area contributed by atoms with Crippen LogP contribution >= 0.6 is 48.0 Å². The van der Waals surface area contributed by atoms with Gasteiger partial charge in [0.05, 0.1) is 10.0 Å². The number of piperazine rings is 2. The first kappa shape index (κ1) is 23.5. The molecule has 148 valence electrons. The van der Waals surface area contributed by atoms with Gasteiger partial charge in [-0.05, 0) is 6.07 Å². The number of halogens is 4. The average Bonchev–Trinajstić information content (AvgIpc) is 2.61. The molecule has 1 N–H and O–H groups in total. The largest absolute Gasteiger partial charge is 0.353 e. The fraction of sp³-hybridized carbons (Fsp3) is 0.625. The van der Waals surface area contributed by atoms with E-state index in [0.717, 1.165) is 64.7 Å². The van der Waals surface area contributed by atoms with Gasteiger partial charge in [-0.1, -0.05) is 23.2 Å². The van der Waals surface area contributed by atoms with Crippen LogP contribution in [0, 0.1) is 0 Å². The van der Waals surface area contributed by atoms with Crippen LogP contribution in [0.4, 0.5) is 5.82 Å². The van der Waals surface area contributed by atoms with E-state index in [2.05, 4.69) is 20.1 Å². The van der Waals surface area contributed by atoms with E-state index in [9.17, 15) is 4.79 Å². The van der Waals surface area contributed by atoms with Crippen molar-refractivity contribution in [3.63, 3.8) is 0 Å². The Bertz CT molecular complexity index is 578. The van der Waals surface area contributed by atoms with Crippen LogP contribution in [-0.2, 0) is 4.79 Å². The zero-order valence-electron chi connectivity index (χ0n) is 14.5. The van der Waals surface area contributed by atoms with Gasteiger partial charge in [0.15, 0.2) is 0 Å². The summed E-state index contributed by atoms with van der Waals surface area (Å²) in [4.78, 5) is 23.0. The number of aromatic nitrogens is 1. The molecule has 0 aromatic carbocycles. The van der Waals surface area contributed by atoms with E-state index < -0.39 is 0 Å². The van der Waals surface area contributed by atoms with Gasteiger partial charge in [0.2, 0.25) is 5.91 Å². The van der Waals surface area contributed by atoms with Crippen LogP contribution in [0.2, 0.25) is 10.0 Å². The third-order valence-corrected chi connectivity index (χ3v) is 5.06. The summed E-state index contributed by atoms with van der Waals surface area (Å²) in [5.74, 6) is 1.05. The summed E-state index contributed by atoms with van der Waals surface area (Å²) in [5, 5.41) is 4.41. The maximum Gasteiger partial charge on any atom is 0.223 e. The fourth-order valence-electron chi connectivity index (χ4n) is 3.15. The lowest BCUT2D eigenvalue weighted by Crippen LogP contribution is -2.49. The first-order valence-corrected chi connectivity index (χ1v) is 9.16. The van der Waals surface area contributed by atoms with Gasteiger partial charge in [0, 0.05) is 71.5 Å². The van der Waals surface area contributed by atoms with Crippen molar-refractivity contribution in [2.45, 2.75) is 6.42 Å². The summed E-state index contributed by atoms with van der Waals surface area (Å²) >= 11 is 12.1. The summed E-state index contributed by atoms with van der Waals surface area (Å²) in [6.45, 7) is 7.81. The molecule has 2 saturated heterocycles. The highest BCUT2D eigenvalue weighted by molar-refractivity contribution is 6.36. The zero-order valence-corrected chi connectivity index (χ0v) is 17.6. The number of nitrogens with one attached hydrogen (secondary N) is 1. The van der Waals surface area contributed by atoms with Crippen molar-refractivity contribution in [3.8, 4) is 0 Å². The van der Waals surface area contributed by atoms with Gasteiger partial charge in [-0.2, -0.15) is 0 Å². The Kier molecular flexibility index (Phi) is 10.3. The summed E-state index contributed by atoms with van der Waals surface area (Å²) < 4.78 is 0. The molecule has 1 aromatic heterocycles. The molecule has 0 saturated carbocycles. The monoisotopic (exact) mass is 443 g/mol. The molecule has 10 heteroatoms. The van der Waals surface area contributed by atoms with Crippen LogP contribution in [0.3, 0.4) is 0 Å². The number of rotatable bonds is 4. The van der Waals surface area contributed by atoms with Crippen molar-refractivity contribution in [1.82, 2.24) is 20.1 Å². The minimum Gasteiger partial charge on any atom is -0.353 e. The topological polar surface area (TPSA) is 51.7 Å². The van der Waals surface area contributed by atoms with Crippen LogP contribution in [0.15, 0.2) is 12.3 Å². The van der Waals surface area contributed by atoms with Gasteiger partial charge < -0.3 is 15.1 Å². The Morgan fingerprint density at radius 2 is 1.73 bits per heavy atom. The number of hydrogen-bond acceptors (Lipinski definition) is 5. The van der Waals surface area contributed by atoms with Gasteiger partial charge in [-0.25, -0.2) is 4.98 Å². The van der Waals surface area contributed by atoms with Crippen molar-refractivity contribution >= 4 is 59.7 Å². The molecule has 0 bridgehead atoms. The van der Waals surface area contributed by atoms with Crippen LogP contribution < -0.4 is 10.2 Å². The van der Waals surface area contributed by atoms with E-state index >= 15 is 0 Å². The van der Waals surface area contributed by atoms with Crippen LogP contribution in [0.1, 0.15) is 6.42 Å². The van der Waals surface area contributed by atoms with Gasteiger partial charge in [-0.15, -0.1) is 24.8 Å². The van der Waals surface area contributed by atoms with Crippen LogP contribution in [0.5, 0.6) is 0 Å². The molecule has 1 aromatic rings. The van der Waals surface area contributed by atoms with E-state index in [0.29, 0.717) is 16.5 Å². The molecule has 2 aliphatic rings. The minimum absolute atomic E-state index is 0. The standard InChI is InChI=1S/C16H23Cl2N5O.2ClH/c17-13-11-14(18)16(20-12-13)23-9-7-21(8-10-23)4-1-15(24)22-5-2-19-3-6-22;;/h11-12,19H,1-10H2;2*1H. The highest BCUT2D eigenvalue weighted by Crippen LogP contribution is 2.26. The van der Waals surface area contributed by atoms with Crippen molar-refractivity contribution in [2.24, 2.45) is 0 Å². The molecule has 0 radical (unpaired) electrons. The second-order valence-corrected chi connectivity index (χ2v) is 7.01. The highest BCUT2D eigenvalue weighted by Gasteiger charge is 2.22. The van der Waals surface area contributed by atoms with Gasteiger partial charge in [-0.3, -0.25) is 9.69 Å². The second kappa shape index (κ2) is 11.4. The Morgan fingerprint density at radius 3 is 2.35 bits per heavy atom. The van der Waals surface area contributed by atoms with Gasteiger partial charge >= 0.3 is 0 Å². The quantitative estimate of drug-likeness (QED) is 0.771. The molecular formula is C16H25Cl4N5O. The normalized spacial score (nSPS) is 18.1. The van der Waals surface area contributed by atoms with Crippen molar-refractivity contribution in [2.75, 3.05) is 63.8 Å². The number of nitrogens with zero attached hydrogens (tertiary/aromatic N) is 4. The molecule has 26 heavy (non-hydrogen) atoms. The molecule has 2 fully saturated rings. The summed E-state index contributed by atoms with van der Waals surface area (Å²) in [7, 11) is 0. The Morgan fingerprint density at radius 1 is 1.08 bits per heavy atom. The highest BCUT2D eigenvalue weighted by atomic mass is 35.5. The smallest absolute Gasteiger partial charge is 0.223 e. The number of pyridine rings is 1. The predicted octanol–water partition coefficient (Wildman–Crippen LogP) is 2.18. The Labute approximate surface area is 177 Å². The van der Waals surface area contributed by atoms with Crippen molar-refractivity contribution in [3.05, 3.63) is 22.3 Å². The predicted molar refractivity (Wildman–Crippen MR) is 111 cm³/mol. The Hall–Kier alpha value is -0.500. The molecule has 0 unspecified atom stereocenters. The van der Waals surface area contributed by atoms with Crippen LogP contribution in [-0.4, -0.2) is 79.6 Å². The number of amides is 1. The molecule has 0 spiro atoms. The van der Waals surface area contributed by atoms with Crippen molar-refractivity contribution < 1.29 is 4.79 Å². The number of hydrogen-bond donors (Lipinski definition) is 1. The molecule has 6 nitrogen and oxygen atoms in total. The number of carbonyl (C=O) groups excluding carboxylic acids is 1. The lowest BCUT2D eigenvalue weighted by atomic mass is 10.2. The lowest BCUT2D eigenvalue weighted by molar-refractivity contribution is -0.132. The second-order valence-electron chi connectivity index (χ2n) is 6.17. The first-order chi connectivity index (χ1) is 11.6. The fourth-order valence-corrected chi connectivity index (χ4v) is 3.65. The minimum atomic E-state index is 0. The molecule has 3 heterocycles. The first-order valence-electron chi connectivity index (χ1n) is 8.40. The van der Waals surface area contributed by atoms with Crippen LogP contribution in [0.25, 0.3) is 0 Å². The van der Waals surface area contributed by atoms with Gasteiger partial charge in [0.1, 0.15) is 5.82 Å². The molecular weight excluding hydrogens is 420 g/mol.